The molecule has 2 saturated heterocycles. The van der Waals surface area contributed by atoms with Crippen LogP contribution in [0.5, 0.6) is 0 Å². The summed E-state index contributed by atoms with van der Waals surface area (Å²) in [6, 6.07) is -0.594. The van der Waals surface area contributed by atoms with E-state index in [4.69, 9.17) is 0 Å². The Balaban J connectivity index is 1.62. The molecular formula is C17H28N4O5S. The fourth-order valence-electron chi connectivity index (χ4n) is 3.99. The van der Waals surface area contributed by atoms with Crippen LogP contribution in [0, 0.1) is 0 Å². The third-order valence-electron chi connectivity index (χ3n) is 5.85. The summed E-state index contributed by atoms with van der Waals surface area (Å²) in [5.74, 6) is -0.783. The molecule has 3 rings (SSSR count). The van der Waals surface area contributed by atoms with Crippen LogP contribution < -0.4 is 10.0 Å². The molecule has 0 unspecified atom stereocenters. The van der Waals surface area contributed by atoms with Gasteiger partial charge >= 0.3 is 6.03 Å². The van der Waals surface area contributed by atoms with Gasteiger partial charge in [0, 0.05) is 19.1 Å². The monoisotopic (exact) mass is 400 g/mol. The van der Waals surface area contributed by atoms with Gasteiger partial charge in [-0.25, -0.2) is 17.9 Å². The maximum Gasteiger partial charge on any atom is 0.325 e. The zero-order valence-corrected chi connectivity index (χ0v) is 16.7. The molecule has 27 heavy (non-hydrogen) atoms. The Kier molecular flexibility index (Phi) is 5.49. The second-order valence-electron chi connectivity index (χ2n) is 8.15. The van der Waals surface area contributed by atoms with Gasteiger partial charge in [-0.15, -0.1) is 0 Å². The van der Waals surface area contributed by atoms with Crippen LogP contribution in [-0.4, -0.2) is 72.5 Å². The zero-order valence-electron chi connectivity index (χ0n) is 15.9. The Morgan fingerprint density at radius 3 is 2.44 bits per heavy atom. The van der Waals surface area contributed by atoms with Crippen molar-refractivity contribution in [1.82, 2.24) is 19.8 Å². The molecule has 2 heterocycles. The number of hydrogen-bond donors (Lipinski definition) is 2. The van der Waals surface area contributed by atoms with Gasteiger partial charge < -0.3 is 9.80 Å². The highest BCUT2D eigenvalue weighted by atomic mass is 32.2. The molecule has 3 aliphatic rings. The van der Waals surface area contributed by atoms with E-state index >= 15 is 0 Å². The largest absolute Gasteiger partial charge is 0.340 e. The van der Waals surface area contributed by atoms with Crippen molar-refractivity contribution in [3.63, 3.8) is 0 Å². The number of imide groups is 1. The molecule has 0 bridgehead atoms. The Morgan fingerprint density at radius 2 is 1.85 bits per heavy atom. The van der Waals surface area contributed by atoms with E-state index < -0.39 is 32.8 Å². The van der Waals surface area contributed by atoms with Gasteiger partial charge in [-0.3, -0.25) is 14.9 Å². The first kappa shape index (κ1) is 20.1. The number of carbonyl (C=O) groups excluding carboxylic acids is 3. The first-order valence-corrected chi connectivity index (χ1v) is 11.1. The number of urea groups is 1. The van der Waals surface area contributed by atoms with Crippen LogP contribution in [-0.2, 0) is 19.6 Å². The number of likely N-dealkylation sites (tertiary alicyclic amines) is 1. The summed E-state index contributed by atoms with van der Waals surface area (Å²) < 4.78 is 28.2. The predicted molar refractivity (Wildman–Crippen MR) is 98.2 cm³/mol. The van der Waals surface area contributed by atoms with Crippen molar-refractivity contribution < 1.29 is 22.8 Å². The lowest BCUT2D eigenvalue weighted by Crippen LogP contribution is -2.54. The highest BCUT2D eigenvalue weighted by Crippen LogP contribution is 2.24. The normalized spacial score (nSPS) is 26.5. The Hall–Kier alpha value is -1.68. The fraction of sp³-hybridized carbons (Fsp3) is 0.824. The molecule has 0 spiro atoms. The SMILES string of the molecule is CC1(C)C(=O)NC(=O)N1CC(=O)N1CCC[C@@H](S(=O)(=O)NC2CCCC2)C1. The van der Waals surface area contributed by atoms with E-state index in [-0.39, 0.29) is 25.0 Å². The van der Waals surface area contributed by atoms with Crippen molar-refractivity contribution in [3.8, 4) is 0 Å². The third-order valence-corrected chi connectivity index (χ3v) is 7.77. The summed E-state index contributed by atoms with van der Waals surface area (Å²) in [4.78, 5) is 39.2. The van der Waals surface area contributed by atoms with Gasteiger partial charge in [0.05, 0.1) is 5.25 Å². The van der Waals surface area contributed by atoms with E-state index in [0.717, 1.165) is 25.7 Å². The van der Waals surface area contributed by atoms with Crippen LogP contribution in [0.15, 0.2) is 0 Å². The highest BCUT2D eigenvalue weighted by molar-refractivity contribution is 7.90. The van der Waals surface area contributed by atoms with E-state index in [1.165, 1.54) is 9.80 Å². The van der Waals surface area contributed by atoms with Gasteiger partial charge in [-0.1, -0.05) is 12.8 Å². The van der Waals surface area contributed by atoms with Crippen molar-refractivity contribution in [2.24, 2.45) is 0 Å². The molecule has 0 aromatic heterocycles. The number of amides is 4. The lowest BCUT2D eigenvalue weighted by Gasteiger charge is -2.35. The molecule has 0 radical (unpaired) electrons. The summed E-state index contributed by atoms with van der Waals surface area (Å²) in [6.45, 7) is 3.49. The van der Waals surface area contributed by atoms with E-state index in [1.54, 1.807) is 13.8 Å². The van der Waals surface area contributed by atoms with Gasteiger partial charge in [0.25, 0.3) is 5.91 Å². The number of sulfonamides is 1. The van der Waals surface area contributed by atoms with Crippen molar-refractivity contribution in [3.05, 3.63) is 0 Å². The van der Waals surface area contributed by atoms with Crippen LogP contribution in [0.25, 0.3) is 0 Å². The molecule has 0 aromatic rings. The number of nitrogens with zero attached hydrogens (tertiary/aromatic N) is 2. The van der Waals surface area contributed by atoms with E-state index in [0.29, 0.717) is 19.4 Å². The van der Waals surface area contributed by atoms with Gasteiger partial charge in [-0.05, 0) is 39.5 Å². The molecule has 3 fully saturated rings. The van der Waals surface area contributed by atoms with E-state index in [2.05, 4.69) is 10.0 Å². The summed E-state index contributed by atoms with van der Waals surface area (Å²) in [5, 5.41) is 1.57. The molecule has 1 saturated carbocycles. The molecule has 0 aromatic carbocycles. The number of rotatable bonds is 5. The Labute approximate surface area is 159 Å². The van der Waals surface area contributed by atoms with Crippen LogP contribution >= 0.6 is 0 Å². The van der Waals surface area contributed by atoms with Crippen molar-refractivity contribution in [2.75, 3.05) is 19.6 Å². The maximum absolute atomic E-state index is 12.7. The fourth-order valence-corrected chi connectivity index (χ4v) is 5.73. The number of nitrogens with one attached hydrogen (secondary N) is 2. The average molecular weight is 401 g/mol. The molecule has 2 N–H and O–H groups in total. The summed E-state index contributed by atoms with van der Waals surface area (Å²) >= 11 is 0. The second kappa shape index (κ2) is 7.38. The van der Waals surface area contributed by atoms with Crippen LogP contribution in [0.3, 0.4) is 0 Å². The van der Waals surface area contributed by atoms with Crippen LogP contribution in [0.2, 0.25) is 0 Å². The average Bonchev–Trinajstić information content (AvgIpc) is 3.17. The first-order chi connectivity index (χ1) is 12.6. The molecule has 152 valence electrons. The summed E-state index contributed by atoms with van der Waals surface area (Å²) in [6.07, 6.45) is 4.91. The number of piperidine rings is 1. The lowest BCUT2D eigenvalue weighted by molar-refractivity contribution is -0.134. The Morgan fingerprint density at radius 1 is 1.19 bits per heavy atom. The molecule has 9 nitrogen and oxygen atoms in total. The van der Waals surface area contributed by atoms with Crippen LogP contribution in [0.1, 0.15) is 52.4 Å². The maximum atomic E-state index is 12.7. The predicted octanol–water partition coefficient (Wildman–Crippen LogP) is 0.170. The van der Waals surface area contributed by atoms with Crippen molar-refractivity contribution in [1.29, 1.82) is 0 Å². The quantitative estimate of drug-likeness (QED) is 0.638. The third kappa shape index (κ3) is 4.11. The summed E-state index contributed by atoms with van der Waals surface area (Å²) in [5.41, 5.74) is -1.10. The topological polar surface area (TPSA) is 116 Å². The minimum atomic E-state index is -3.49. The van der Waals surface area contributed by atoms with Crippen molar-refractivity contribution >= 4 is 27.9 Å². The van der Waals surface area contributed by atoms with Gasteiger partial charge in [0.15, 0.2) is 0 Å². The van der Waals surface area contributed by atoms with Gasteiger partial charge in [0.1, 0.15) is 12.1 Å². The van der Waals surface area contributed by atoms with E-state index in [1.807, 2.05) is 0 Å². The molecule has 2 aliphatic heterocycles. The molecule has 1 atom stereocenters. The van der Waals surface area contributed by atoms with Gasteiger partial charge in [-0.2, -0.15) is 0 Å². The lowest BCUT2D eigenvalue weighted by atomic mass is 10.0. The highest BCUT2D eigenvalue weighted by Gasteiger charge is 2.47. The molecule has 10 heteroatoms. The second-order valence-corrected chi connectivity index (χ2v) is 10.1. The first-order valence-electron chi connectivity index (χ1n) is 9.53. The molecule has 1 aliphatic carbocycles. The smallest absolute Gasteiger partial charge is 0.325 e. The van der Waals surface area contributed by atoms with Crippen LogP contribution in [0.4, 0.5) is 4.79 Å². The zero-order chi connectivity index (χ0) is 19.8. The minimum absolute atomic E-state index is 0.00110. The van der Waals surface area contributed by atoms with Gasteiger partial charge in [0.2, 0.25) is 15.9 Å². The molecular weight excluding hydrogens is 372 g/mol. The Bertz CT molecular complexity index is 730. The number of carbonyl (C=O) groups is 3. The molecule has 4 amide bonds. The minimum Gasteiger partial charge on any atom is -0.340 e. The standard InChI is InChI=1S/C17H28N4O5S/c1-17(2)15(23)18-16(24)21(17)11-14(22)20-9-5-8-13(10-20)27(25,26)19-12-6-3-4-7-12/h12-13,19H,3-11H2,1-2H3,(H,18,23,24)/t13-/m1/s1. The van der Waals surface area contributed by atoms with E-state index in [9.17, 15) is 22.8 Å². The number of hydrogen-bond acceptors (Lipinski definition) is 5. The van der Waals surface area contributed by atoms with Crippen molar-refractivity contribution in [2.45, 2.75) is 69.2 Å². The summed E-state index contributed by atoms with van der Waals surface area (Å²) in [7, 11) is -3.49.